The molecule has 1 aromatic rings. The molecule has 6 heteroatoms. The van der Waals surface area contributed by atoms with Gasteiger partial charge in [-0.1, -0.05) is 30.3 Å². The van der Waals surface area contributed by atoms with Crippen molar-refractivity contribution in [2.24, 2.45) is 11.8 Å². The van der Waals surface area contributed by atoms with E-state index < -0.39 is 11.3 Å². The number of hydrogen-bond donors (Lipinski definition) is 0. The molecule has 0 amide bonds. The largest absolute Gasteiger partial charge is 0.469 e. The Bertz CT molecular complexity index is 677. The molecule has 3 fully saturated rings. The van der Waals surface area contributed by atoms with Crippen LogP contribution in [-0.4, -0.2) is 36.3 Å². The van der Waals surface area contributed by atoms with Crippen LogP contribution in [0.3, 0.4) is 0 Å². The number of methoxy groups -OCH3 is 1. The minimum Gasteiger partial charge on any atom is -0.469 e. The first kappa shape index (κ1) is 15.6. The number of carbonyl (C=O) groups excluding carboxylic acids is 2. The topological polar surface area (TPSA) is 68.1 Å². The Balaban J connectivity index is 1.65. The second-order valence-corrected chi connectivity index (χ2v) is 6.65. The molecule has 0 N–H and O–H groups in total. The lowest BCUT2D eigenvalue weighted by Crippen LogP contribution is -2.48. The molecule has 0 radical (unpaired) electrons. The number of benzene rings is 1. The second-order valence-electron chi connectivity index (χ2n) is 6.65. The van der Waals surface area contributed by atoms with Crippen LogP contribution in [0, 0.1) is 11.8 Å². The highest BCUT2D eigenvalue weighted by molar-refractivity contribution is 5.86. The lowest BCUT2D eigenvalue weighted by molar-refractivity contribution is -0.161. The van der Waals surface area contributed by atoms with E-state index in [2.05, 4.69) is 0 Å². The zero-order chi connectivity index (χ0) is 16.9. The summed E-state index contributed by atoms with van der Waals surface area (Å²) in [6.45, 7) is 2.10. The number of nitrogens with zero attached hydrogens (tertiary/aromatic N) is 1. The third kappa shape index (κ3) is 1.96. The highest BCUT2D eigenvalue weighted by Crippen LogP contribution is 2.67. The van der Waals surface area contributed by atoms with Gasteiger partial charge in [0.2, 0.25) is 0 Å². The van der Waals surface area contributed by atoms with Crippen molar-refractivity contribution in [1.29, 1.82) is 0 Å². The van der Waals surface area contributed by atoms with Gasteiger partial charge in [-0.3, -0.25) is 9.63 Å². The van der Waals surface area contributed by atoms with Gasteiger partial charge < -0.3 is 9.47 Å². The van der Waals surface area contributed by atoms with Crippen LogP contribution in [0.25, 0.3) is 0 Å². The second kappa shape index (κ2) is 5.29. The molecule has 1 aliphatic carbocycles. The lowest BCUT2D eigenvalue weighted by atomic mass is 9.89. The van der Waals surface area contributed by atoms with Gasteiger partial charge in [0, 0.05) is 17.9 Å². The van der Waals surface area contributed by atoms with Crippen molar-refractivity contribution >= 4 is 11.9 Å². The number of fused-ring (bicyclic) bond motifs is 1. The number of rotatable bonds is 5. The van der Waals surface area contributed by atoms with Gasteiger partial charge in [0.05, 0.1) is 19.6 Å². The first-order valence-electron chi connectivity index (χ1n) is 8.40. The zero-order valence-corrected chi connectivity index (χ0v) is 13.9. The van der Waals surface area contributed by atoms with Gasteiger partial charge in [-0.05, 0) is 19.8 Å². The number of hydrogen-bond acceptors (Lipinski definition) is 6. The molecule has 5 atom stereocenters. The van der Waals surface area contributed by atoms with Crippen molar-refractivity contribution in [2.75, 3.05) is 13.7 Å². The summed E-state index contributed by atoms with van der Waals surface area (Å²) < 4.78 is 10.2. The van der Waals surface area contributed by atoms with Gasteiger partial charge in [-0.15, -0.1) is 5.06 Å². The van der Waals surface area contributed by atoms with E-state index in [1.54, 1.807) is 12.0 Å². The van der Waals surface area contributed by atoms with Crippen LogP contribution >= 0.6 is 0 Å². The maximum Gasteiger partial charge on any atom is 0.329 e. The standard InChI is InChI=1S/C18H21NO5/c1-3-23-16(21)17(14-11-13(14)15(20)22-2)9-10-18(19(17)24-18)12-7-5-4-6-8-12/h4-8,13-14H,3,9-11H2,1-2H3/t13-,14-,17+,18-,19?/m0/s1. The molecular weight excluding hydrogens is 310 g/mol. The number of esters is 2. The zero-order valence-electron chi connectivity index (χ0n) is 13.9. The molecule has 2 heterocycles. The summed E-state index contributed by atoms with van der Waals surface area (Å²) in [5.41, 5.74) is -0.409. The Kier molecular flexibility index (Phi) is 3.44. The van der Waals surface area contributed by atoms with E-state index in [0.717, 1.165) is 5.56 Å². The third-order valence-electron chi connectivity index (χ3n) is 5.51. The Labute approximate surface area is 140 Å². The Morgan fingerprint density at radius 2 is 2.04 bits per heavy atom. The highest BCUT2D eigenvalue weighted by Gasteiger charge is 2.79. The predicted molar refractivity (Wildman–Crippen MR) is 83.3 cm³/mol. The van der Waals surface area contributed by atoms with Crippen LogP contribution in [0.4, 0.5) is 0 Å². The summed E-state index contributed by atoms with van der Waals surface area (Å²) in [6, 6.07) is 9.89. The first-order chi connectivity index (χ1) is 11.6. The quantitative estimate of drug-likeness (QED) is 0.607. The molecule has 3 aliphatic rings. The fourth-order valence-electron chi connectivity index (χ4n) is 4.22. The molecule has 1 unspecified atom stereocenters. The predicted octanol–water partition coefficient (Wildman–Crippen LogP) is 1.99. The van der Waals surface area contributed by atoms with E-state index in [1.165, 1.54) is 7.11 Å². The molecule has 0 bridgehead atoms. The molecule has 24 heavy (non-hydrogen) atoms. The number of ether oxygens (including phenoxy) is 2. The maximum absolute atomic E-state index is 12.8. The fraction of sp³-hybridized carbons (Fsp3) is 0.556. The van der Waals surface area contributed by atoms with E-state index in [0.29, 0.717) is 25.9 Å². The minimum absolute atomic E-state index is 0.114. The Morgan fingerprint density at radius 3 is 2.67 bits per heavy atom. The molecule has 2 aliphatic heterocycles. The Morgan fingerprint density at radius 1 is 1.29 bits per heavy atom. The summed E-state index contributed by atoms with van der Waals surface area (Å²) in [6.07, 6.45) is 1.97. The van der Waals surface area contributed by atoms with Crippen LogP contribution < -0.4 is 0 Å². The average molecular weight is 331 g/mol. The number of carbonyl (C=O) groups is 2. The fourth-order valence-corrected chi connectivity index (χ4v) is 4.22. The normalized spacial score (nSPS) is 39.0. The molecule has 6 nitrogen and oxygen atoms in total. The van der Waals surface area contributed by atoms with Gasteiger partial charge >= 0.3 is 11.9 Å². The van der Waals surface area contributed by atoms with Gasteiger partial charge in [-0.2, -0.15) is 0 Å². The van der Waals surface area contributed by atoms with Crippen molar-refractivity contribution in [3.8, 4) is 0 Å². The van der Waals surface area contributed by atoms with E-state index >= 15 is 0 Å². The van der Waals surface area contributed by atoms with Crippen LogP contribution in [0.15, 0.2) is 30.3 Å². The first-order valence-corrected chi connectivity index (χ1v) is 8.40. The van der Waals surface area contributed by atoms with Crippen LogP contribution in [-0.2, 0) is 29.6 Å². The summed E-state index contributed by atoms with van der Waals surface area (Å²) in [5, 5.41) is 1.78. The highest BCUT2D eigenvalue weighted by atomic mass is 16.9. The van der Waals surface area contributed by atoms with Crippen LogP contribution in [0.5, 0.6) is 0 Å². The maximum atomic E-state index is 12.8. The molecular formula is C18H21NO5. The molecule has 128 valence electrons. The van der Waals surface area contributed by atoms with Crippen molar-refractivity contribution in [1.82, 2.24) is 5.06 Å². The molecule has 2 saturated heterocycles. The average Bonchev–Trinajstić information content (AvgIpc) is 3.53. The number of hydroxylamine groups is 2. The SMILES string of the molecule is CCOC(=O)[C@]1([C@H]2C[C@@H]2C(=O)OC)CC[C@@]2(c3ccccc3)ON21. The van der Waals surface area contributed by atoms with Crippen molar-refractivity contribution in [3.63, 3.8) is 0 Å². The minimum atomic E-state index is -0.884. The van der Waals surface area contributed by atoms with E-state index in [1.807, 2.05) is 30.3 Å². The van der Waals surface area contributed by atoms with E-state index in [9.17, 15) is 9.59 Å². The lowest BCUT2D eigenvalue weighted by Gasteiger charge is -2.27. The van der Waals surface area contributed by atoms with Gasteiger partial charge in [0.25, 0.3) is 0 Å². The Hall–Kier alpha value is -1.92. The van der Waals surface area contributed by atoms with Gasteiger partial charge in [-0.25, -0.2) is 4.79 Å². The monoisotopic (exact) mass is 331 g/mol. The smallest absolute Gasteiger partial charge is 0.329 e. The summed E-state index contributed by atoms with van der Waals surface area (Å²) in [4.78, 5) is 30.7. The molecule has 0 spiro atoms. The van der Waals surface area contributed by atoms with Crippen LogP contribution in [0.2, 0.25) is 0 Å². The molecule has 1 saturated carbocycles. The molecule has 1 aromatic carbocycles. The van der Waals surface area contributed by atoms with E-state index in [-0.39, 0.29) is 23.8 Å². The van der Waals surface area contributed by atoms with Gasteiger partial charge in [0.1, 0.15) is 0 Å². The van der Waals surface area contributed by atoms with Crippen molar-refractivity contribution in [2.45, 2.75) is 37.5 Å². The van der Waals surface area contributed by atoms with Crippen LogP contribution in [0.1, 0.15) is 31.7 Å². The summed E-state index contributed by atoms with van der Waals surface area (Å²) >= 11 is 0. The summed E-state index contributed by atoms with van der Waals surface area (Å²) in [5.74, 6) is -0.924. The third-order valence-corrected chi connectivity index (χ3v) is 5.51. The molecule has 4 rings (SSSR count). The van der Waals surface area contributed by atoms with Crippen molar-refractivity contribution in [3.05, 3.63) is 35.9 Å². The molecule has 0 aromatic heterocycles. The van der Waals surface area contributed by atoms with Crippen molar-refractivity contribution < 1.29 is 23.9 Å². The van der Waals surface area contributed by atoms with E-state index in [4.69, 9.17) is 14.3 Å². The van der Waals surface area contributed by atoms with Gasteiger partial charge in [0.15, 0.2) is 11.3 Å². The summed E-state index contributed by atoms with van der Waals surface area (Å²) in [7, 11) is 1.38.